The van der Waals surface area contributed by atoms with E-state index in [1.54, 1.807) is 6.07 Å². The first-order valence-corrected chi connectivity index (χ1v) is 5.93. The summed E-state index contributed by atoms with van der Waals surface area (Å²) in [5.41, 5.74) is 0. The first-order chi connectivity index (χ1) is 6.35. The smallest absolute Gasteiger partial charge is 0.207 e. The molecule has 0 atom stereocenters. The van der Waals surface area contributed by atoms with E-state index >= 15 is 0 Å². The zero-order valence-electron chi connectivity index (χ0n) is 7.66. The van der Waals surface area contributed by atoms with E-state index in [2.05, 4.69) is 0 Å². The van der Waals surface area contributed by atoms with Crippen molar-refractivity contribution < 1.29 is 8.42 Å². The van der Waals surface area contributed by atoms with E-state index in [1.165, 1.54) is 26.2 Å². The van der Waals surface area contributed by atoms with Crippen LogP contribution in [-0.2, 0) is 10.0 Å². The molecule has 0 spiro atoms. The van der Waals surface area contributed by atoms with Gasteiger partial charge in [-0.3, -0.25) is 0 Å². The molecular weight excluding hydrogens is 245 g/mol. The molecule has 1 rings (SSSR count). The van der Waals surface area contributed by atoms with Crippen molar-refractivity contribution in [2.45, 2.75) is 4.90 Å². The lowest BCUT2D eigenvalue weighted by atomic mass is 10.4. The fourth-order valence-electron chi connectivity index (χ4n) is 0.872. The second kappa shape index (κ2) is 4.06. The summed E-state index contributed by atoms with van der Waals surface area (Å²) >= 11 is 11.4. The molecule has 0 aliphatic rings. The second-order valence-corrected chi connectivity index (χ2v) is 5.83. The lowest BCUT2D eigenvalue weighted by Crippen LogP contribution is -2.22. The van der Waals surface area contributed by atoms with Gasteiger partial charge in [0.15, 0.2) is 0 Å². The number of rotatable bonds is 2. The molecule has 6 heteroatoms. The Balaban J connectivity index is 3.40. The number of hydrogen-bond acceptors (Lipinski definition) is 2. The van der Waals surface area contributed by atoms with E-state index < -0.39 is 10.0 Å². The molecule has 0 heterocycles. The minimum absolute atomic E-state index is 0.0247. The van der Waals surface area contributed by atoms with Crippen LogP contribution < -0.4 is 0 Å². The molecule has 3 nitrogen and oxygen atoms in total. The average molecular weight is 254 g/mol. The predicted molar refractivity (Wildman–Crippen MR) is 57.3 cm³/mol. The number of halogens is 2. The van der Waals surface area contributed by atoms with Crippen LogP contribution in [0.4, 0.5) is 0 Å². The van der Waals surface area contributed by atoms with Gasteiger partial charge in [-0.1, -0.05) is 23.2 Å². The van der Waals surface area contributed by atoms with Crippen molar-refractivity contribution >= 4 is 33.2 Å². The van der Waals surface area contributed by atoms with Gasteiger partial charge in [-0.15, -0.1) is 0 Å². The van der Waals surface area contributed by atoms with Crippen molar-refractivity contribution in [2.75, 3.05) is 14.1 Å². The SMILES string of the molecule is CN(C)S(=O)(=O)c1cc(Cl)ccc1Cl. The average Bonchev–Trinajstić information content (AvgIpc) is 2.08. The molecule has 14 heavy (non-hydrogen) atoms. The number of benzene rings is 1. The summed E-state index contributed by atoms with van der Waals surface area (Å²) < 4.78 is 24.5. The normalized spacial score (nSPS) is 12.1. The molecule has 0 saturated carbocycles. The summed E-state index contributed by atoms with van der Waals surface area (Å²) in [5.74, 6) is 0. The molecule has 0 saturated heterocycles. The van der Waals surface area contributed by atoms with Crippen LogP contribution in [0.15, 0.2) is 23.1 Å². The van der Waals surface area contributed by atoms with Gasteiger partial charge in [-0.05, 0) is 18.2 Å². The standard InChI is InChI=1S/C8H9Cl2NO2S/c1-11(2)14(12,13)8-5-6(9)3-4-7(8)10/h3-5H,1-2H3. The van der Waals surface area contributed by atoms with Crippen LogP contribution in [0, 0.1) is 0 Å². The molecule has 0 fully saturated rings. The lowest BCUT2D eigenvalue weighted by molar-refractivity contribution is 0.521. The van der Waals surface area contributed by atoms with Gasteiger partial charge >= 0.3 is 0 Å². The van der Waals surface area contributed by atoms with E-state index in [4.69, 9.17) is 23.2 Å². The molecule has 0 N–H and O–H groups in total. The van der Waals surface area contributed by atoms with E-state index in [1.807, 2.05) is 0 Å². The van der Waals surface area contributed by atoms with Crippen LogP contribution in [0.3, 0.4) is 0 Å². The first-order valence-electron chi connectivity index (χ1n) is 3.73. The van der Waals surface area contributed by atoms with Gasteiger partial charge in [0.1, 0.15) is 4.90 Å². The highest BCUT2D eigenvalue weighted by Crippen LogP contribution is 2.26. The van der Waals surface area contributed by atoms with Gasteiger partial charge in [-0.25, -0.2) is 12.7 Å². The van der Waals surface area contributed by atoms with Crippen LogP contribution in [0.5, 0.6) is 0 Å². The summed E-state index contributed by atoms with van der Waals surface area (Å²) in [4.78, 5) is 0.0247. The van der Waals surface area contributed by atoms with Gasteiger partial charge in [-0.2, -0.15) is 0 Å². The molecule has 0 amide bonds. The third-order valence-electron chi connectivity index (χ3n) is 1.65. The van der Waals surface area contributed by atoms with E-state index in [0.29, 0.717) is 5.02 Å². The third-order valence-corrected chi connectivity index (χ3v) is 4.18. The fraction of sp³-hybridized carbons (Fsp3) is 0.250. The fourth-order valence-corrected chi connectivity index (χ4v) is 2.50. The van der Waals surface area contributed by atoms with E-state index in [0.717, 1.165) is 4.31 Å². The summed E-state index contributed by atoms with van der Waals surface area (Å²) in [6, 6.07) is 4.33. The molecule has 0 unspecified atom stereocenters. The Morgan fingerprint density at radius 2 is 1.79 bits per heavy atom. The van der Waals surface area contributed by atoms with Crippen molar-refractivity contribution in [3.63, 3.8) is 0 Å². The molecule has 0 aromatic heterocycles. The molecular formula is C8H9Cl2NO2S. The Morgan fingerprint density at radius 1 is 1.21 bits per heavy atom. The van der Waals surface area contributed by atoms with Crippen molar-refractivity contribution in [1.29, 1.82) is 0 Å². The molecule has 78 valence electrons. The monoisotopic (exact) mass is 253 g/mol. The highest BCUT2D eigenvalue weighted by atomic mass is 35.5. The molecule has 0 aliphatic heterocycles. The largest absolute Gasteiger partial charge is 0.244 e. The maximum absolute atomic E-state index is 11.7. The molecule has 0 bridgehead atoms. The second-order valence-electron chi connectivity index (χ2n) is 2.86. The molecule has 0 radical (unpaired) electrons. The van der Waals surface area contributed by atoms with Gasteiger partial charge in [0.25, 0.3) is 0 Å². The predicted octanol–water partition coefficient (Wildman–Crippen LogP) is 2.24. The summed E-state index contributed by atoms with van der Waals surface area (Å²) in [6.45, 7) is 0. The highest BCUT2D eigenvalue weighted by Gasteiger charge is 2.20. The van der Waals surface area contributed by atoms with Crippen molar-refractivity contribution in [3.05, 3.63) is 28.2 Å². The quantitative estimate of drug-likeness (QED) is 0.811. The molecule has 0 aliphatic carbocycles. The Hall–Kier alpha value is -0.290. The highest BCUT2D eigenvalue weighted by molar-refractivity contribution is 7.89. The Bertz CT molecular complexity index is 443. The Morgan fingerprint density at radius 3 is 2.29 bits per heavy atom. The van der Waals surface area contributed by atoms with E-state index in [9.17, 15) is 8.42 Å². The topological polar surface area (TPSA) is 37.4 Å². The number of sulfonamides is 1. The summed E-state index contributed by atoms with van der Waals surface area (Å²) in [7, 11) is -0.639. The minimum atomic E-state index is -3.51. The zero-order chi connectivity index (χ0) is 10.9. The van der Waals surface area contributed by atoms with E-state index in [-0.39, 0.29) is 9.92 Å². The Labute approximate surface area is 93.3 Å². The van der Waals surface area contributed by atoms with Gasteiger partial charge < -0.3 is 0 Å². The maximum atomic E-state index is 11.7. The van der Waals surface area contributed by atoms with Crippen LogP contribution in [0.25, 0.3) is 0 Å². The number of nitrogens with zero attached hydrogens (tertiary/aromatic N) is 1. The number of hydrogen-bond donors (Lipinski definition) is 0. The first kappa shape index (κ1) is 11.8. The summed E-state index contributed by atoms with van der Waals surface area (Å²) in [6.07, 6.45) is 0. The van der Waals surface area contributed by atoms with Gasteiger partial charge in [0, 0.05) is 19.1 Å². The van der Waals surface area contributed by atoms with Crippen LogP contribution >= 0.6 is 23.2 Å². The zero-order valence-corrected chi connectivity index (χ0v) is 9.99. The molecule has 1 aromatic rings. The third kappa shape index (κ3) is 2.20. The van der Waals surface area contributed by atoms with Crippen molar-refractivity contribution in [1.82, 2.24) is 4.31 Å². The van der Waals surface area contributed by atoms with Gasteiger partial charge in [0.2, 0.25) is 10.0 Å². The lowest BCUT2D eigenvalue weighted by Gasteiger charge is -2.12. The van der Waals surface area contributed by atoms with Crippen LogP contribution in [0.1, 0.15) is 0 Å². The van der Waals surface area contributed by atoms with Crippen molar-refractivity contribution in [3.8, 4) is 0 Å². The van der Waals surface area contributed by atoms with Crippen molar-refractivity contribution in [2.24, 2.45) is 0 Å². The maximum Gasteiger partial charge on any atom is 0.244 e. The molecule has 1 aromatic carbocycles. The Kier molecular flexibility index (Phi) is 3.42. The summed E-state index contributed by atoms with van der Waals surface area (Å²) in [5, 5.41) is 0.512. The minimum Gasteiger partial charge on any atom is -0.207 e. The van der Waals surface area contributed by atoms with Crippen LogP contribution in [0.2, 0.25) is 10.0 Å². The van der Waals surface area contributed by atoms with Crippen LogP contribution in [-0.4, -0.2) is 26.8 Å². The van der Waals surface area contributed by atoms with Gasteiger partial charge in [0.05, 0.1) is 5.02 Å².